The fraction of sp³-hybridized carbons (Fsp3) is 0.440. The summed E-state index contributed by atoms with van der Waals surface area (Å²) in [5.74, 6) is 2.19. The van der Waals surface area contributed by atoms with E-state index in [1.165, 1.54) is 7.11 Å². The summed E-state index contributed by atoms with van der Waals surface area (Å²) in [6.45, 7) is 3.09. The summed E-state index contributed by atoms with van der Waals surface area (Å²) in [6, 6.07) is 11.2. The van der Waals surface area contributed by atoms with Gasteiger partial charge in [-0.25, -0.2) is 0 Å². The molecule has 2 aliphatic rings. The van der Waals surface area contributed by atoms with Crippen molar-refractivity contribution < 1.29 is 28.5 Å². The topological polar surface area (TPSA) is 74.3 Å². The van der Waals surface area contributed by atoms with Crippen molar-refractivity contribution in [1.82, 2.24) is 4.90 Å². The van der Waals surface area contributed by atoms with Crippen LogP contribution in [0.2, 0.25) is 0 Å². The Balaban J connectivity index is 1.41. The van der Waals surface area contributed by atoms with Crippen LogP contribution in [-0.2, 0) is 11.2 Å². The number of hydrogen-bond acceptors (Lipinski definition) is 6. The second kappa shape index (κ2) is 9.10. The van der Waals surface area contributed by atoms with E-state index in [1.807, 2.05) is 24.3 Å². The van der Waals surface area contributed by atoms with Gasteiger partial charge < -0.3 is 23.8 Å². The minimum absolute atomic E-state index is 0.00102. The van der Waals surface area contributed by atoms with Gasteiger partial charge in [0.05, 0.1) is 20.6 Å². The number of methoxy groups -OCH3 is 2. The lowest BCUT2D eigenvalue weighted by molar-refractivity contribution is -0.136. The number of aryl methyl sites for hydroxylation is 1. The molecule has 1 amide bonds. The maximum atomic E-state index is 13.0. The van der Waals surface area contributed by atoms with Gasteiger partial charge in [0.1, 0.15) is 34.2 Å². The van der Waals surface area contributed by atoms with E-state index in [-0.39, 0.29) is 24.7 Å². The van der Waals surface area contributed by atoms with Crippen LogP contribution in [0.5, 0.6) is 23.0 Å². The molecule has 0 bridgehead atoms. The summed E-state index contributed by atoms with van der Waals surface area (Å²) < 4.78 is 22.8. The summed E-state index contributed by atoms with van der Waals surface area (Å²) in [6.07, 6.45) is 2.27. The van der Waals surface area contributed by atoms with Crippen LogP contribution in [0, 0.1) is 0 Å². The molecule has 0 atom stereocenters. The van der Waals surface area contributed by atoms with E-state index >= 15 is 0 Å². The average Bonchev–Trinajstić information content (AvgIpc) is 2.82. The van der Waals surface area contributed by atoms with E-state index in [2.05, 4.69) is 6.92 Å². The van der Waals surface area contributed by atoms with Gasteiger partial charge in [-0.2, -0.15) is 0 Å². The van der Waals surface area contributed by atoms with Crippen LogP contribution in [0.25, 0.3) is 0 Å². The van der Waals surface area contributed by atoms with Crippen LogP contribution in [0.3, 0.4) is 0 Å². The molecule has 170 valence electrons. The highest BCUT2D eigenvalue weighted by molar-refractivity contribution is 6.03. The number of ketones is 1. The number of amides is 1. The van der Waals surface area contributed by atoms with Crippen molar-refractivity contribution in [1.29, 1.82) is 0 Å². The van der Waals surface area contributed by atoms with Gasteiger partial charge in [0, 0.05) is 38.1 Å². The molecule has 0 aliphatic carbocycles. The fourth-order valence-electron chi connectivity index (χ4n) is 4.46. The van der Waals surface area contributed by atoms with E-state index in [9.17, 15) is 9.59 Å². The number of Topliss-reactive ketones (excluding diaryl/α,β-unsaturated/α-hetero) is 1. The van der Waals surface area contributed by atoms with Crippen molar-refractivity contribution in [2.24, 2.45) is 0 Å². The lowest BCUT2D eigenvalue weighted by Gasteiger charge is -2.44. The van der Waals surface area contributed by atoms with Crippen LogP contribution in [-0.4, -0.2) is 56.1 Å². The van der Waals surface area contributed by atoms with Gasteiger partial charge in [0.15, 0.2) is 12.4 Å². The molecule has 2 aromatic rings. The molecule has 1 spiro atoms. The molecular weight excluding hydrogens is 410 g/mol. The molecule has 2 heterocycles. The van der Waals surface area contributed by atoms with Crippen molar-refractivity contribution >= 4 is 11.7 Å². The molecule has 7 heteroatoms. The third-order valence-electron chi connectivity index (χ3n) is 6.32. The lowest BCUT2D eigenvalue weighted by Crippen LogP contribution is -2.53. The highest BCUT2D eigenvalue weighted by atomic mass is 16.5. The van der Waals surface area contributed by atoms with E-state index < -0.39 is 5.60 Å². The van der Waals surface area contributed by atoms with Crippen molar-refractivity contribution in [2.45, 2.75) is 38.2 Å². The maximum absolute atomic E-state index is 13.0. The van der Waals surface area contributed by atoms with Gasteiger partial charge in [0.2, 0.25) is 0 Å². The Kier molecular flexibility index (Phi) is 6.26. The molecule has 0 aromatic heterocycles. The molecule has 0 unspecified atom stereocenters. The summed E-state index contributed by atoms with van der Waals surface area (Å²) in [7, 11) is 3.09. The van der Waals surface area contributed by atoms with Crippen molar-refractivity contribution in [3.05, 3.63) is 47.5 Å². The number of benzene rings is 2. The van der Waals surface area contributed by atoms with Crippen molar-refractivity contribution in [2.75, 3.05) is 33.9 Å². The molecule has 2 aromatic carbocycles. The molecule has 7 nitrogen and oxygen atoms in total. The minimum atomic E-state index is -0.617. The highest BCUT2D eigenvalue weighted by Crippen LogP contribution is 2.44. The van der Waals surface area contributed by atoms with Gasteiger partial charge in [-0.15, -0.1) is 0 Å². The van der Waals surface area contributed by atoms with Crippen LogP contribution in [0.4, 0.5) is 0 Å². The van der Waals surface area contributed by atoms with Gasteiger partial charge in [-0.3, -0.25) is 9.59 Å². The first-order chi connectivity index (χ1) is 15.5. The first-order valence-corrected chi connectivity index (χ1v) is 11.0. The number of piperidine rings is 1. The number of rotatable bonds is 6. The molecule has 1 saturated heterocycles. The Morgan fingerprint density at radius 3 is 2.53 bits per heavy atom. The van der Waals surface area contributed by atoms with E-state index in [1.54, 1.807) is 24.1 Å². The molecule has 2 aliphatic heterocycles. The SMILES string of the molecule is CCc1ccccc1OCC(=O)N1CCC2(CC1)CC(=O)c1c(OC)cc(OC)cc1O2. The molecule has 1 fully saturated rings. The zero-order chi connectivity index (χ0) is 22.7. The van der Waals surface area contributed by atoms with Gasteiger partial charge >= 0.3 is 0 Å². The summed E-state index contributed by atoms with van der Waals surface area (Å²) in [5.41, 5.74) is 0.922. The number of hydrogen-bond donors (Lipinski definition) is 0. The maximum Gasteiger partial charge on any atom is 0.260 e. The molecular formula is C25H29NO6. The van der Waals surface area contributed by atoms with Crippen molar-refractivity contribution in [3.8, 4) is 23.0 Å². The number of ether oxygens (including phenoxy) is 4. The average molecular weight is 440 g/mol. The number of fused-ring (bicyclic) bond motifs is 1. The van der Waals surface area contributed by atoms with Gasteiger partial charge in [-0.05, 0) is 18.1 Å². The zero-order valence-electron chi connectivity index (χ0n) is 18.8. The molecule has 0 saturated carbocycles. The highest BCUT2D eigenvalue weighted by Gasteiger charge is 2.45. The summed E-state index contributed by atoms with van der Waals surface area (Å²) in [4.78, 5) is 27.5. The fourth-order valence-corrected chi connectivity index (χ4v) is 4.46. The van der Waals surface area contributed by atoms with Crippen molar-refractivity contribution in [3.63, 3.8) is 0 Å². The van der Waals surface area contributed by atoms with Gasteiger partial charge in [-0.1, -0.05) is 25.1 Å². The second-order valence-corrected chi connectivity index (χ2v) is 8.22. The number of para-hydroxylation sites is 1. The van der Waals surface area contributed by atoms with Gasteiger partial charge in [0.25, 0.3) is 5.91 Å². The quantitative estimate of drug-likeness (QED) is 0.684. The Morgan fingerprint density at radius 1 is 1.09 bits per heavy atom. The van der Waals surface area contributed by atoms with E-state index in [0.29, 0.717) is 48.7 Å². The third-order valence-corrected chi connectivity index (χ3v) is 6.32. The number of likely N-dealkylation sites (tertiary alicyclic amines) is 1. The molecule has 0 radical (unpaired) electrons. The molecule has 32 heavy (non-hydrogen) atoms. The number of carbonyl (C=O) groups is 2. The zero-order valence-corrected chi connectivity index (χ0v) is 18.8. The summed E-state index contributed by atoms with van der Waals surface area (Å²) >= 11 is 0. The lowest BCUT2D eigenvalue weighted by atomic mass is 9.82. The largest absolute Gasteiger partial charge is 0.496 e. The Hall–Kier alpha value is -3.22. The van der Waals surface area contributed by atoms with E-state index in [0.717, 1.165) is 17.7 Å². The Morgan fingerprint density at radius 2 is 1.84 bits per heavy atom. The minimum Gasteiger partial charge on any atom is -0.496 e. The van der Waals surface area contributed by atoms with Crippen LogP contribution in [0.15, 0.2) is 36.4 Å². The predicted octanol–water partition coefficient (Wildman–Crippen LogP) is 3.67. The smallest absolute Gasteiger partial charge is 0.260 e. The second-order valence-electron chi connectivity index (χ2n) is 8.22. The normalized spacial score (nSPS) is 16.8. The molecule has 4 rings (SSSR count). The standard InChI is InChI=1S/C25H29NO6/c1-4-17-7-5-6-8-20(17)31-16-23(28)26-11-9-25(10-12-26)15-19(27)24-21(30-3)13-18(29-2)14-22(24)32-25/h5-8,13-14H,4,9-12,15-16H2,1-3H3. The van der Waals surface area contributed by atoms with Crippen LogP contribution < -0.4 is 18.9 Å². The summed E-state index contributed by atoms with van der Waals surface area (Å²) in [5, 5.41) is 0. The molecule has 0 N–H and O–H groups in total. The monoisotopic (exact) mass is 439 g/mol. The van der Waals surface area contributed by atoms with Crippen LogP contribution in [0.1, 0.15) is 42.1 Å². The predicted molar refractivity (Wildman–Crippen MR) is 119 cm³/mol. The third kappa shape index (κ3) is 4.24. The van der Waals surface area contributed by atoms with E-state index in [4.69, 9.17) is 18.9 Å². The number of carbonyl (C=O) groups excluding carboxylic acids is 2. The van der Waals surface area contributed by atoms with Crippen LogP contribution >= 0.6 is 0 Å². The first-order valence-electron chi connectivity index (χ1n) is 11.0. The Labute approximate surface area is 188 Å². The Bertz CT molecular complexity index is 1010. The first kappa shape index (κ1) is 22.0. The number of nitrogens with zero attached hydrogens (tertiary/aromatic N) is 1.